The molecular weight excluding hydrogens is 407 g/mol. The van der Waals surface area contributed by atoms with Crippen molar-refractivity contribution in [3.05, 3.63) is 87.9 Å². The van der Waals surface area contributed by atoms with Gasteiger partial charge in [-0.05, 0) is 48.7 Å². The molecule has 1 heterocycles. The van der Waals surface area contributed by atoms with Crippen LogP contribution in [0.1, 0.15) is 22.3 Å². The van der Waals surface area contributed by atoms with Gasteiger partial charge in [0.15, 0.2) is 5.58 Å². The van der Waals surface area contributed by atoms with Crippen LogP contribution in [-0.2, 0) is 6.42 Å². The standard InChI is InChI=1S/C23H18Cl2N2O2/c24-17-9-4-10-18(25)21(17)23-27-19-14-16(11-12-20(19)29-23)22(28)26-13-5-8-15-6-2-1-3-7-15/h1-4,6-7,9-12,14H,5,8,13H2,(H,26,28). The van der Waals surface area contributed by atoms with Crippen LogP contribution in [0.3, 0.4) is 0 Å². The first-order chi connectivity index (χ1) is 14.1. The number of hydrogen-bond acceptors (Lipinski definition) is 3. The third kappa shape index (κ3) is 4.44. The Kier molecular flexibility index (Phi) is 5.84. The van der Waals surface area contributed by atoms with Gasteiger partial charge in [-0.25, -0.2) is 4.98 Å². The van der Waals surface area contributed by atoms with Gasteiger partial charge in [0.2, 0.25) is 5.89 Å². The van der Waals surface area contributed by atoms with Crippen LogP contribution < -0.4 is 5.32 Å². The first-order valence-electron chi connectivity index (χ1n) is 9.29. The van der Waals surface area contributed by atoms with E-state index < -0.39 is 0 Å². The van der Waals surface area contributed by atoms with Gasteiger partial charge < -0.3 is 9.73 Å². The zero-order valence-corrected chi connectivity index (χ0v) is 17.0. The minimum atomic E-state index is -0.139. The Hall–Kier alpha value is -2.82. The van der Waals surface area contributed by atoms with E-state index in [0.717, 1.165) is 12.8 Å². The third-order valence-corrected chi connectivity index (χ3v) is 5.23. The van der Waals surface area contributed by atoms with E-state index in [1.165, 1.54) is 5.56 Å². The molecule has 4 nitrogen and oxygen atoms in total. The summed E-state index contributed by atoms with van der Waals surface area (Å²) in [7, 11) is 0. The lowest BCUT2D eigenvalue weighted by atomic mass is 10.1. The quantitative estimate of drug-likeness (QED) is 0.376. The van der Waals surface area contributed by atoms with Crippen molar-refractivity contribution in [1.29, 1.82) is 0 Å². The number of aryl methyl sites for hydroxylation is 1. The van der Waals surface area contributed by atoms with Crippen LogP contribution in [0.15, 0.2) is 71.1 Å². The monoisotopic (exact) mass is 424 g/mol. The topological polar surface area (TPSA) is 55.1 Å². The Morgan fingerprint density at radius 1 is 0.966 bits per heavy atom. The molecular formula is C23H18Cl2N2O2. The molecule has 4 aromatic rings. The molecule has 0 aliphatic rings. The number of benzene rings is 3. The Labute approximate surface area is 178 Å². The number of aromatic nitrogens is 1. The molecule has 6 heteroatoms. The maximum Gasteiger partial charge on any atom is 0.251 e. The van der Waals surface area contributed by atoms with Gasteiger partial charge in [0.05, 0.1) is 15.6 Å². The van der Waals surface area contributed by atoms with Crippen LogP contribution in [0, 0.1) is 0 Å². The second-order valence-corrected chi connectivity index (χ2v) is 7.46. The molecule has 0 saturated carbocycles. The molecule has 4 rings (SSSR count). The summed E-state index contributed by atoms with van der Waals surface area (Å²) in [6.45, 7) is 0.602. The molecule has 0 aliphatic carbocycles. The lowest BCUT2D eigenvalue weighted by molar-refractivity contribution is 0.0953. The summed E-state index contributed by atoms with van der Waals surface area (Å²) in [6, 6.07) is 20.6. The molecule has 0 bridgehead atoms. The highest BCUT2D eigenvalue weighted by atomic mass is 35.5. The number of carbonyl (C=O) groups excluding carboxylic acids is 1. The van der Waals surface area contributed by atoms with Crippen molar-refractivity contribution in [3.63, 3.8) is 0 Å². The van der Waals surface area contributed by atoms with Crippen molar-refractivity contribution >= 4 is 40.2 Å². The number of carbonyl (C=O) groups is 1. The van der Waals surface area contributed by atoms with Crippen LogP contribution >= 0.6 is 23.2 Å². The van der Waals surface area contributed by atoms with E-state index in [4.69, 9.17) is 27.6 Å². The molecule has 0 aliphatic heterocycles. The van der Waals surface area contributed by atoms with Crippen LogP contribution in [0.25, 0.3) is 22.6 Å². The zero-order valence-electron chi connectivity index (χ0n) is 15.5. The van der Waals surface area contributed by atoms with E-state index in [2.05, 4.69) is 22.4 Å². The summed E-state index contributed by atoms with van der Waals surface area (Å²) in [5, 5.41) is 3.87. The summed E-state index contributed by atoms with van der Waals surface area (Å²) in [6.07, 6.45) is 1.79. The molecule has 1 N–H and O–H groups in total. The lowest BCUT2D eigenvalue weighted by Gasteiger charge is -2.05. The number of nitrogens with one attached hydrogen (secondary N) is 1. The highest BCUT2D eigenvalue weighted by Gasteiger charge is 2.16. The predicted molar refractivity (Wildman–Crippen MR) is 117 cm³/mol. The zero-order chi connectivity index (χ0) is 20.2. The maximum atomic E-state index is 12.5. The van der Waals surface area contributed by atoms with Gasteiger partial charge in [-0.1, -0.05) is 59.6 Å². The molecule has 29 heavy (non-hydrogen) atoms. The fraction of sp³-hybridized carbons (Fsp3) is 0.130. The van der Waals surface area contributed by atoms with Crippen molar-refractivity contribution in [2.75, 3.05) is 6.54 Å². The minimum Gasteiger partial charge on any atom is -0.436 e. The van der Waals surface area contributed by atoms with E-state index in [-0.39, 0.29) is 5.91 Å². The normalized spacial score (nSPS) is 11.0. The fourth-order valence-corrected chi connectivity index (χ4v) is 3.68. The van der Waals surface area contributed by atoms with Gasteiger partial charge in [-0.15, -0.1) is 0 Å². The number of halogens is 2. The highest BCUT2D eigenvalue weighted by Crippen LogP contribution is 2.35. The lowest BCUT2D eigenvalue weighted by Crippen LogP contribution is -2.24. The van der Waals surface area contributed by atoms with Crippen molar-refractivity contribution < 1.29 is 9.21 Å². The van der Waals surface area contributed by atoms with E-state index in [0.29, 0.717) is 44.7 Å². The molecule has 0 spiro atoms. The van der Waals surface area contributed by atoms with E-state index in [9.17, 15) is 4.79 Å². The number of oxazole rings is 1. The van der Waals surface area contributed by atoms with Gasteiger partial charge in [0.1, 0.15) is 5.52 Å². The summed E-state index contributed by atoms with van der Waals surface area (Å²) in [5.41, 5.74) is 3.47. The van der Waals surface area contributed by atoms with Crippen molar-refractivity contribution in [3.8, 4) is 11.5 Å². The molecule has 0 unspecified atom stereocenters. The summed E-state index contributed by atoms with van der Waals surface area (Å²) < 4.78 is 5.79. The molecule has 3 aromatic carbocycles. The van der Waals surface area contributed by atoms with Gasteiger partial charge in [-0.2, -0.15) is 0 Å². The van der Waals surface area contributed by atoms with Crippen LogP contribution in [0.2, 0.25) is 10.0 Å². The van der Waals surface area contributed by atoms with E-state index >= 15 is 0 Å². The number of nitrogens with zero attached hydrogens (tertiary/aromatic N) is 1. The molecule has 0 radical (unpaired) electrons. The van der Waals surface area contributed by atoms with Gasteiger partial charge in [0, 0.05) is 12.1 Å². The summed E-state index contributed by atoms with van der Waals surface area (Å²) in [5.74, 6) is 0.191. The molecule has 0 atom stereocenters. The van der Waals surface area contributed by atoms with Gasteiger partial charge in [0.25, 0.3) is 5.91 Å². The Morgan fingerprint density at radius 2 is 1.72 bits per heavy atom. The Morgan fingerprint density at radius 3 is 2.48 bits per heavy atom. The Balaban J connectivity index is 1.45. The molecule has 0 saturated heterocycles. The molecule has 0 fully saturated rings. The van der Waals surface area contributed by atoms with Crippen molar-refractivity contribution in [2.45, 2.75) is 12.8 Å². The Bertz CT molecular complexity index is 1140. The smallest absolute Gasteiger partial charge is 0.251 e. The number of rotatable bonds is 6. The number of amides is 1. The fourth-order valence-electron chi connectivity index (χ4n) is 3.12. The van der Waals surface area contributed by atoms with Gasteiger partial charge in [-0.3, -0.25) is 4.79 Å². The first kappa shape index (κ1) is 19.5. The second-order valence-electron chi connectivity index (χ2n) is 6.64. The average molecular weight is 425 g/mol. The summed E-state index contributed by atoms with van der Waals surface area (Å²) in [4.78, 5) is 16.9. The highest BCUT2D eigenvalue weighted by molar-refractivity contribution is 6.38. The first-order valence-corrected chi connectivity index (χ1v) is 10.0. The van der Waals surface area contributed by atoms with E-state index in [1.807, 2.05) is 18.2 Å². The van der Waals surface area contributed by atoms with Crippen molar-refractivity contribution in [1.82, 2.24) is 10.3 Å². The molecule has 1 amide bonds. The number of fused-ring (bicyclic) bond motifs is 1. The van der Waals surface area contributed by atoms with Crippen LogP contribution in [0.4, 0.5) is 0 Å². The van der Waals surface area contributed by atoms with Crippen LogP contribution in [0.5, 0.6) is 0 Å². The summed E-state index contributed by atoms with van der Waals surface area (Å²) >= 11 is 12.5. The SMILES string of the molecule is O=C(NCCCc1ccccc1)c1ccc2oc(-c3c(Cl)cccc3Cl)nc2c1. The van der Waals surface area contributed by atoms with Gasteiger partial charge >= 0.3 is 0 Å². The van der Waals surface area contributed by atoms with Crippen LogP contribution in [-0.4, -0.2) is 17.4 Å². The van der Waals surface area contributed by atoms with Crippen molar-refractivity contribution in [2.24, 2.45) is 0 Å². The minimum absolute atomic E-state index is 0.139. The number of hydrogen-bond donors (Lipinski definition) is 1. The molecule has 146 valence electrons. The third-order valence-electron chi connectivity index (χ3n) is 4.60. The predicted octanol–water partition coefficient (Wildman–Crippen LogP) is 6.16. The largest absolute Gasteiger partial charge is 0.436 e. The maximum absolute atomic E-state index is 12.5. The average Bonchev–Trinajstić information content (AvgIpc) is 3.14. The molecule has 1 aromatic heterocycles. The second kappa shape index (κ2) is 8.68. The van der Waals surface area contributed by atoms with E-state index in [1.54, 1.807) is 36.4 Å².